The summed E-state index contributed by atoms with van der Waals surface area (Å²) in [6.45, 7) is 9.90. The molecule has 2 N–H and O–H groups in total. The molecule has 0 aromatic heterocycles. The van der Waals surface area contributed by atoms with Gasteiger partial charge in [-0.25, -0.2) is 0 Å². The van der Waals surface area contributed by atoms with E-state index in [4.69, 9.17) is 0 Å². The Morgan fingerprint density at radius 2 is 2.00 bits per heavy atom. The highest BCUT2D eigenvalue weighted by atomic mass is 16.3. The van der Waals surface area contributed by atoms with Crippen LogP contribution in [-0.4, -0.2) is 47.8 Å². The molecule has 0 bridgehead atoms. The second-order valence-electron chi connectivity index (χ2n) is 6.57. The number of aliphatic hydroxyl groups is 1. The Labute approximate surface area is 112 Å². The van der Waals surface area contributed by atoms with Gasteiger partial charge in [0.2, 0.25) is 0 Å². The third-order valence-corrected chi connectivity index (χ3v) is 4.74. The molecule has 0 spiro atoms. The quantitative estimate of drug-likeness (QED) is 0.786. The van der Waals surface area contributed by atoms with E-state index in [0.717, 1.165) is 31.5 Å². The van der Waals surface area contributed by atoms with Crippen LogP contribution in [0.1, 0.15) is 46.5 Å². The molecule has 3 heteroatoms. The third-order valence-electron chi connectivity index (χ3n) is 4.74. The van der Waals surface area contributed by atoms with E-state index in [1.807, 2.05) is 6.92 Å². The number of hydrogen-bond acceptors (Lipinski definition) is 3. The lowest BCUT2D eigenvalue weighted by atomic mass is 9.78. The summed E-state index contributed by atoms with van der Waals surface area (Å²) in [6.07, 6.45) is 4.86. The molecule has 1 heterocycles. The second kappa shape index (κ2) is 6.36. The highest BCUT2D eigenvalue weighted by Gasteiger charge is 2.37. The number of nitrogens with one attached hydrogen (secondary N) is 1. The van der Waals surface area contributed by atoms with Gasteiger partial charge in [-0.05, 0) is 51.0 Å². The van der Waals surface area contributed by atoms with Crippen LogP contribution in [0.4, 0.5) is 0 Å². The Morgan fingerprint density at radius 1 is 1.28 bits per heavy atom. The van der Waals surface area contributed by atoms with Gasteiger partial charge in [0.05, 0.1) is 6.10 Å². The van der Waals surface area contributed by atoms with Gasteiger partial charge in [-0.3, -0.25) is 4.90 Å². The number of nitrogens with zero attached hydrogens (tertiary/aromatic N) is 1. The summed E-state index contributed by atoms with van der Waals surface area (Å²) in [7, 11) is 0. The fraction of sp³-hybridized carbons (Fsp3) is 1.00. The topological polar surface area (TPSA) is 35.5 Å². The number of rotatable bonds is 5. The maximum atomic E-state index is 9.91. The summed E-state index contributed by atoms with van der Waals surface area (Å²) >= 11 is 0. The van der Waals surface area contributed by atoms with Crippen LogP contribution >= 0.6 is 0 Å². The average molecular weight is 254 g/mol. The Hall–Kier alpha value is -0.120. The SMILES string of the molecule is CCCNC1CC(C(C)O)CN(C2CC(C)C2)C1. The Morgan fingerprint density at radius 3 is 2.56 bits per heavy atom. The highest BCUT2D eigenvalue weighted by Crippen LogP contribution is 2.34. The third kappa shape index (κ3) is 3.46. The number of hydrogen-bond donors (Lipinski definition) is 2. The summed E-state index contributed by atoms with van der Waals surface area (Å²) in [6, 6.07) is 1.36. The van der Waals surface area contributed by atoms with E-state index in [1.165, 1.54) is 25.8 Å². The summed E-state index contributed by atoms with van der Waals surface area (Å²) in [5, 5.41) is 13.6. The van der Waals surface area contributed by atoms with Crippen molar-refractivity contribution in [3.8, 4) is 0 Å². The van der Waals surface area contributed by atoms with Gasteiger partial charge < -0.3 is 10.4 Å². The fourth-order valence-electron chi connectivity index (χ4n) is 3.48. The van der Waals surface area contributed by atoms with Crippen molar-refractivity contribution in [1.29, 1.82) is 0 Å². The first kappa shape index (κ1) is 14.3. The molecule has 1 saturated heterocycles. The van der Waals surface area contributed by atoms with Gasteiger partial charge in [-0.2, -0.15) is 0 Å². The molecule has 2 fully saturated rings. The Bertz CT molecular complexity index is 251. The predicted molar refractivity (Wildman–Crippen MR) is 75.6 cm³/mol. The van der Waals surface area contributed by atoms with Gasteiger partial charge in [0.25, 0.3) is 0 Å². The Balaban J connectivity index is 1.89. The maximum Gasteiger partial charge on any atom is 0.0553 e. The van der Waals surface area contributed by atoms with Crippen LogP contribution in [0.2, 0.25) is 0 Å². The van der Waals surface area contributed by atoms with E-state index < -0.39 is 0 Å². The number of likely N-dealkylation sites (tertiary alicyclic amines) is 1. The second-order valence-corrected chi connectivity index (χ2v) is 6.57. The molecule has 3 atom stereocenters. The minimum Gasteiger partial charge on any atom is -0.393 e. The van der Waals surface area contributed by atoms with E-state index in [9.17, 15) is 5.11 Å². The lowest BCUT2D eigenvalue weighted by Crippen LogP contribution is -2.57. The molecule has 1 saturated carbocycles. The molecule has 0 amide bonds. The Kier molecular flexibility index (Phi) is 5.05. The van der Waals surface area contributed by atoms with Crippen LogP contribution < -0.4 is 5.32 Å². The van der Waals surface area contributed by atoms with Gasteiger partial charge in [0.15, 0.2) is 0 Å². The fourth-order valence-corrected chi connectivity index (χ4v) is 3.48. The van der Waals surface area contributed by atoms with Crippen molar-refractivity contribution in [3.05, 3.63) is 0 Å². The first-order valence-electron chi connectivity index (χ1n) is 7.75. The smallest absolute Gasteiger partial charge is 0.0553 e. The van der Waals surface area contributed by atoms with Crippen LogP contribution in [0.3, 0.4) is 0 Å². The highest BCUT2D eigenvalue weighted by molar-refractivity contribution is 4.93. The molecule has 1 aliphatic heterocycles. The standard InChI is InChI=1S/C15H30N2O/c1-4-5-16-14-8-13(12(3)18)9-17(10-14)15-6-11(2)7-15/h11-16,18H,4-10H2,1-3H3. The van der Waals surface area contributed by atoms with Gasteiger partial charge in [-0.1, -0.05) is 13.8 Å². The predicted octanol–water partition coefficient (Wildman–Crippen LogP) is 1.86. The molecule has 0 radical (unpaired) electrons. The van der Waals surface area contributed by atoms with E-state index >= 15 is 0 Å². The normalized spacial score (nSPS) is 39.3. The van der Waals surface area contributed by atoms with Crippen molar-refractivity contribution in [3.63, 3.8) is 0 Å². The van der Waals surface area contributed by atoms with Crippen molar-refractivity contribution < 1.29 is 5.11 Å². The lowest BCUT2D eigenvalue weighted by molar-refractivity contribution is -0.00278. The van der Waals surface area contributed by atoms with Gasteiger partial charge in [-0.15, -0.1) is 0 Å². The van der Waals surface area contributed by atoms with Crippen LogP contribution in [0, 0.1) is 11.8 Å². The van der Waals surface area contributed by atoms with E-state index in [0.29, 0.717) is 12.0 Å². The van der Waals surface area contributed by atoms with Gasteiger partial charge in [0, 0.05) is 25.2 Å². The van der Waals surface area contributed by atoms with Crippen LogP contribution in [-0.2, 0) is 0 Å². The number of aliphatic hydroxyl groups excluding tert-OH is 1. The largest absolute Gasteiger partial charge is 0.393 e. The van der Waals surface area contributed by atoms with Gasteiger partial charge in [0.1, 0.15) is 0 Å². The van der Waals surface area contributed by atoms with Crippen molar-refractivity contribution in [2.24, 2.45) is 11.8 Å². The zero-order chi connectivity index (χ0) is 13.1. The zero-order valence-corrected chi connectivity index (χ0v) is 12.2. The van der Waals surface area contributed by atoms with E-state index in [2.05, 4.69) is 24.1 Å². The molecule has 3 unspecified atom stereocenters. The van der Waals surface area contributed by atoms with Crippen molar-refractivity contribution >= 4 is 0 Å². The molecular formula is C15H30N2O. The molecule has 2 aliphatic rings. The monoisotopic (exact) mass is 254 g/mol. The minimum atomic E-state index is -0.170. The minimum absolute atomic E-state index is 0.170. The molecule has 1 aliphatic carbocycles. The molecule has 106 valence electrons. The molecule has 3 nitrogen and oxygen atoms in total. The van der Waals surface area contributed by atoms with Crippen LogP contribution in [0.15, 0.2) is 0 Å². The van der Waals surface area contributed by atoms with Crippen molar-refractivity contribution in [2.45, 2.75) is 64.6 Å². The molecule has 0 aromatic rings. The number of piperidine rings is 1. The molecule has 18 heavy (non-hydrogen) atoms. The summed E-state index contributed by atoms with van der Waals surface area (Å²) < 4.78 is 0. The molecule has 0 aromatic carbocycles. The van der Waals surface area contributed by atoms with Crippen LogP contribution in [0.5, 0.6) is 0 Å². The summed E-state index contributed by atoms with van der Waals surface area (Å²) in [4.78, 5) is 2.63. The van der Waals surface area contributed by atoms with Crippen LogP contribution in [0.25, 0.3) is 0 Å². The lowest BCUT2D eigenvalue weighted by Gasteiger charge is -2.48. The van der Waals surface area contributed by atoms with E-state index in [-0.39, 0.29) is 6.10 Å². The van der Waals surface area contributed by atoms with Crippen molar-refractivity contribution in [1.82, 2.24) is 10.2 Å². The van der Waals surface area contributed by atoms with Crippen molar-refractivity contribution in [2.75, 3.05) is 19.6 Å². The maximum absolute atomic E-state index is 9.91. The molecule has 2 rings (SSSR count). The summed E-state index contributed by atoms with van der Waals surface area (Å²) in [5.74, 6) is 1.35. The first-order valence-corrected chi connectivity index (χ1v) is 7.75. The summed E-state index contributed by atoms with van der Waals surface area (Å²) in [5.41, 5.74) is 0. The van der Waals surface area contributed by atoms with E-state index in [1.54, 1.807) is 0 Å². The zero-order valence-electron chi connectivity index (χ0n) is 12.2. The average Bonchev–Trinajstić information content (AvgIpc) is 2.32. The van der Waals surface area contributed by atoms with Gasteiger partial charge >= 0.3 is 0 Å². The molecular weight excluding hydrogens is 224 g/mol. The first-order chi connectivity index (χ1) is 8.60.